The van der Waals surface area contributed by atoms with Crippen LogP contribution in [0.4, 0.5) is 0 Å². The van der Waals surface area contributed by atoms with Crippen LogP contribution >= 0.6 is 0 Å². The van der Waals surface area contributed by atoms with Gasteiger partial charge in [-0.15, -0.1) is 0 Å². The molecule has 0 bridgehead atoms. The Morgan fingerprint density at radius 3 is 2.31 bits per heavy atom. The largest absolute Gasteiger partial charge is 0.303 e. The van der Waals surface area contributed by atoms with E-state index in [0.29, 0.717) is 0 Å². The molecule has 1 aliphatic carbocycles. The first kappa shape index (κ1) is 12.2. The molecule has 0 aromatic heterocycles. The minimum Gasteiger partial charge on any atom is -0.303 e. The highest BCUT2D eigenvalue weighted by Crippen LogP contribution is 2.26. The van der Waals surface area contributed by atoms with Crippen LogP contribution in [0, 0.1) is 11.8 Å². The van der Waals surface area contributed by atoms with Gasteiger partial charge in [-0.05, 0) is 57.5 Å². The first-order valence-electron chi connectivity index (χ1n) is 7.23. The minimum absolute atomic E-state index is 0.868. The van der Waals surface area contributed by atoms with Gasteiger partial charge in [-0.25, -0.2) is 0 Å². The Labute approximate surface area is 101 Å². The molecule has 1 saturated heterocycles. The summed E-state index contributed by atoms with van der Waals surface area (Å²) in [6.45, 7) is 6.22. The Kier molecular flexibility index (Phi) is 4.90. The van der Waals surface area contributed by atoms with Gasteiger partial charge in [-0.1, -0.05) is 31.4 Å². The molecule has 0 spiro atoms. The number of allylic oxidation sites excluding steroid dienone is 2. The standard InChI is InChI=1S/C15H27N/c1-2-6-14-9-11-16(12-10-14)13-15-7-4-3-5-8-15/h2,6,14-15H,3-5,7-13H2,1H3/b6-2+. The molecule has 16 heavy (non-hydrogen) atoms. The fourth-order valence-electron chi connectivity index (χ4n) is 3.33. The van der Waals surface area contributed by atoms with Crippen LogP contribution in [0.3, 0.4) is 0 Å². The molecule has 1 heteroatoms. The minimum atomic E-state index is 0.868. The van der Waals surface area contributed by atoms with Crippen molar-refractivity contribution in [2.45, 2.75) is 51.9 Å². The van der Waals surface area contributed by atoms with Crippen molar-refractivity contribution in [1.29, 1.82) is 0 Å². The van der Waals surface area contributed by atoms with E-state index in [4.69, 9.17) is 0 Å². The van der Waals surface area contributed by atoms with Crippen LogP contribution in [0.1, 0.15) is 51.9 Å². The van der Waals surface area contributed by atoms with Gasteiger partial charge in [-0.3, -0.25) is 0 Å². The van der Waals surface area contributed by atoms with Crippen molar-refractivity contribution in [3.63, 3.8) is 0 Å². The Morgan fingerprint density at radius 1 is 1.00 bits per heavy atom. The van der Waals surface area contributed by atoms with Crippen molar-refractivity contribution in [1.82, 2.24) is 4.90 Å². The molecular weight excluding hydrogens is 194 g/mol. The Balaban J connectivity index is 1.68. The van der Waals surface area contributed by atoms with E-state index in [1.54, 1.807) is 0 Å². The fourth-order valence-corrected chi connectivity index (χ4v) is 3.33. The molecule has 2 aliphatic rings. The Hall–Kier alpha value is -0.300. The van der Waals surface area contributed by atoms with Crippen LogP contribution < -0.4 is 0 Å². The number of nitrogens with zero attached hydrogens (tertiary/aromatic N) is 1. The second-order valence-corrected chi connectivity index (χ2v) is 5.67. The van der Waals surface area contributed by atoms with Crippen LogP contribution in [-0.4, -0.2) is 24.5 Å². The van der Waals surface area contributed by atoms with E-state index in [9.17, 15) is 0 Å². The van der Waals surface area contributed by atoms with Gasteiger partial charge < -0.3 is 4.90 Å². The zero-order valence-electron chi connectivity index (χ0n) is 10.8. The molecule has 2 fully saturated rings. The van der Waals surface area contributed by atoms with Gasteiger partial charge in [0.15, 0.2) is 0 Å². The van der Waals surface area contributed by atoms with Crippen LogP contribution in [0.15, 0.2) is 12.2 Å². The molecule has 1 saturated carbocycles. The first-order chi connectivity index (χ1) is 7.88. The average molecular weight is 221 g/mol. The summed E-state index contributed by atoms with van der Waals surface area (Å²) in [5.74, 6) is 1.89. The van der Waals surface area contributed by atoms with E-state index in [1.807, 2.05) is 0 Å². The predicted molar refractivity (Wildman–Crippen MR) is 70.6 cm³/mol. The monoisotopic (exact) mass is 221 g/mol. The molecule has 0 amide bonds. The molecule has 1 heterocycles. The number of rotatable bonds is 3. The van der Waals surface area contributed by atoms with Crippen molar-refractivity contribution in [3.05, 3.63) is 12.2 Å². The lowest BCUT2D eigenvalue weighted by Gasteiger charge is -2.34. The molecule has 92 valence electrons. The zero-order valence-corrected chi connectivity index (χ0v) is 10.8. The molecule has 2 rings (SSSR count). The average Bonchev–Trinajstić information content (AvgIpc) is 2.33. The summed E-state index contributed by atoms with van der Waals surface area (Å²) >= 11 is 0. The van der Waals surface area contributed by atoms with Crippen molar-refractivity contribution < 1.29 is 0 Å². The summed E-state index contributed by atoms with van der Waals surface area (Å²) in [5, 5.41) is 0. The third-order valence-corrected chi connectivity index (χ3v) is 4.34. The molecule has 0 aromatic carbocycles. The quantitative estimate of drug-likeness (QED) is 0.654. The Morgan fingerprint density at radius 2 is 1.69 bits per heavy atom. The molecule has 0 aromatic rings. The highest BCUT2D eigenvalue weighted by atomic mass is 15.1. The second kappa shape index (κ2) is 6.44. The summed E-state index contributed by atoms with van der Waals surface area (Å²) < 4.78 is 0. The van der Waals surface area contributed by atoms with Gasteiger partial charge in [0.25, 0.3) is 0 Å². The third kappa shape index (κ3) is 3.62. The molecule has 1 aliphatic heterocycles. The van der Waals surface area contributed by atoms with E-state index in [0.717, 1.165) is 11.8 Å². The first-order valence-corrected chi connectivity index (χ1v) is 7.23. The van der Waals surface area contributed by atoms with Gasteiger partial charge in [0, 0.05) is 6.54 Å². The number of likely N-dealkylation sites (tertiary alicyclic amines) is 1. The van der Waals surface area contributed by atoms with Gasteiger partial charge in [0.05, 0.1) is 0 Å². The lowest BCUT2D eigenvalue weighted by atomic mass is 9.88. The van der Waals surface area contributed by atoms with Crippen molar-refractivity contribution in [3.8, 4) is 0 Å². The summed E-state index contributed by atoms with van der Waals surface area (Å²) in [6.07, 6.45) is 14.8. The van der Waals surface area contributed by atoms with Crippen molar-refractivity contribution in [2.75, 3.05) is 19.6 Å². The van der Waals surface area contributed by atoms with Gasteiger partial charge >= 0.3 is 0 Å². The lowest BCUT2D eigenvalue weighted by molar-refractivity contribution is 0.158. The second-order valence-electron chi connectivity index (χ2n) is 5.67. The maximum Gasteiger partial charge on any atom is 0.000966 e. The molecular formula is C15H27N. The smallest absolute Gasteiger partial charge is 0.000966 e. The maximum absolute atomic E-state index is 2.72. The van der Waals surface area contributed by atoms with Crippen LogP contribution in [-0.2, 0) is 0 Å². The van der Waals surface area contributed by atoms with Crippen molar-refractivity contribution >= 4 is 0 Å². The van der Waals surface area contributed by atoms with Gasteiger partial charge in [0.2, 0.25) is 0 Å². The molecule has 0 unspecified atom stereocenters. The number of piperidine rings is 1. The maximum atomic E-state index is 2.72. The highest BCUT2D eigenvalue weighted by Gasteiger charge is 2.21. The molecule has 0 atom stereocenters. The zero-order chi connectivity index (χ0) is 11.2. The fraction of sp³-hybridized carbons (Fsp3) is 0.867. The van der Waals surface area contributed by atoms with Crippen molar-refractivity contribution in [2.24, 2.45) is 11.8 Å². The van der Waals surface area contributed by atoms with E-state index in [1.165, 1.54) is 64.6 Å². The summed E-state index contributed by atoms with van der Waals surface area (Å²) in [6, 6.07) is 0. The van der Waals surface area contributed by atoms with Crippen LogP contribution in [0.2, 0.25) is 0 Å². The Bertz CT molecular complexity index is 207. The SMILES string of the molecule is C/C=C/C1CCN(CC2CCCCC2)CC1. The summed E-state index contributed by atoms with van der Waals surface area (Å²) in [7, 11) is 0. The lowest BCUT2D eigenvalue weighted by Crippen LogP contribution is -2.37. The summed E-state index contributed by atoms with van der Waals surface area (Å²) in [4.78, 5) is 2.72. The van der Waals surface area contributed by atoms with Gasteiger partial charge in [0.1, 0.15) is 0 Å². The molecule has 0 radical (unpaired) electrons. The van der Waals surface area contributed by atoms with Gasteiger partial charge in [-0.2, -0.15) is 0 Å². The highest BCUT2D eigenvalue weighted by molar-refractivity contribution is 4.89. The topological polar surface area (TPSA) is 3.24 Å². The normalized spacial score (nSPS) is 26.6. The number of hydrogen-bond acceptors (Lipinski definition) is 1. The predicted octanol–water partition coefficient (Wildman–Crippen LogP) is 3.85. The number of hydrogen-bond donors (Lipinski definition) is 0. The van der Waals surface area contributed by atoms with Crippen LogP contribution in [0.25, 0.3) is 0 Å². The van der Waals surface area contributed by atoms with E-state index in [-0.39, 0.29) is 0 Å². The van der Waals surface area contributed by atoms with E-state index in [2.05, 4.69) is 24.0 Å². The van der Waals surface area contributed by atoms with Crippen LogP contribution in [0.5, 0.6) is 0 Å². The molecule has 1 nitrogen and oxygen atoms in total. The summed E-state index contributed by atoms with van der Waals surface area (Å²) in [5.41, 5.74) is 0. The van der Waals surface area contributed by atoms with E-state index < -0.39 is 0 Å². The third-order valence-electron chi connectivity index (χ3n) is 4.34. The molecule has 0 N–H and O–H groups in total. The van der Waals surface area contributed by atoms with E-state index >= 15 is 0 Å².